The van der Waals surface area contributed by atoms with Gasteiger partial charge in [-0.15, -0.1) is 13.2 Å². The predicted molar refractivity (Wildman–Crippen MR) is 29.0 cm³/mol. The Kier molecular flexibility index (Phi) is 13.1. The SMILES string of the molecule is C=C.COS(=O)O. The molecule has 0 aliphatic carbocycles. The molecule has 7 heavy (non-hydrogen) atoms. The zero-order valence-electron chi connectivity index (χ0n) is 4.09. The van der Waals surface area contributed by atoms with Crippen LogP contribution in [0.4, 0.5) is 0 Å². The van der Waals surface area contributed by atoms with E-state index in [0.717, 1.165) is 7.11 Å². The van der Waals surface area contributed by atoms with Crippen LogP contribution in [0, 0.1) is 0 Å². The van der Waals surface area contributed by atoms with Crippen LogP contribution in [0.5, 0.6) is 0 Å². The van der Waals surface area contributed by atoms with Crippen molar-refractivity contribution < 1.29 is 12.9 Å². The molecule has 0 amide bonds. The highest BCUT2D eigenvalue weighted by Gasteiger charge is 1.75. The number of rotatable bonds is 1. The van der Waals surface area contributed by atoms with E-state index in [2.05, 4.69) is 17.3 Å². The maximum Gasteiger partial charge on any atom is 0.301 e. The summed E-state index contributed by atoms with van der Waals surface area (Å²) in [5.41, 5.74) is 0. The Morgan fingerprint density at radius 2 is 1.86 bits per heavy atom. The second kappa shape index (κ2) is 9.26. The molecule has 0 saturated carbocycles. The highest BCUT2D eigenvalue weighted by Crippen LogP contribution is 1.64. The zero-order chi connectivity index (χ0) is 6.28. The maximum atomic E-state index is 9.26. The van der Waals surface area contributed by atoms with Gasteiger partial charge in [0.1, 0.15) is 0 Å². The van der Waals surface area contributed by atoms with Crippen LogP contribution in [0.3, 0.4) is 0 Å². The van der Waals surface area contributed by atoms with Gasteiger partial charge in [-0.05, 0) is 0 Å². The summed E-state index contributed by atoms with van der Waals surface area (Å²) in [5.74, 6) is 0. The quantitative estimate of drug-likeness (QED) is 0.410. The minimum absolute atomic E-state index is 1.15. The molecule has 0 heterocycles. The molecular formula is C3H8O3S. The Balaban J connectivity index is 0. The molecule has 4 heteroatoms. The van der Waals surface area contributed by atoms with Crippen LogP contribution >= 0.6 is 0 Å². The van der Waals surface area contributed by atoms with Crippen molar-refractivity contribution in [2.75, 3.05) is 7.11 Å². The van der Waals surface area contributed by atoms with Gasteiger partial charge in [0.05, 0.1) is 7.11 Å². The number of hydrogen-bond acceptors (Lipinski definition) is 2. The summed E-state index contributed by atoms with van der Waals surface area (Å²) in [6, 6.07) is 0. The van der Waals surface area contributed by atoms with Crippen LogP contribution in [0.15, 0.2) is 13.2 Å². The monoisotopic (exact) mass is 124 g/mol. The van der Waals surface area contributed by atoms with Crippen LogP contribution in [-0.4, -0.2) is 15.9 Å². The molecular weight excluding hydrogens is 116 g/mol. The molecule has 0 bridgehead atoms. The molecule has 0 rings (SSSR count). The smallest absolute Gasteiger partial charge is 0.284 e. The van der Waals surface area contributed by atoms with Crippen molar-refractivity contribution in [3.63, 3.8) is 0 Å². The molecule has 0 aromatic carbocycles. The summed E-state index contributed by atoms with van der Waals surface area (Å²) < 4.78 is 20.6. The van der Waals surface area contributed by atoms with Gasteiger partial charge >= 0.3 is 11.4 Å². The summed E-state index contributed by atoms with van der Waals surface area (Å²) in [7, 11) is 1.15. The molecule has 0 aromatic rings. The minimum Gasteiger partial charge on any atom is -0.284 e. The van der Waals surface area contributed by atoms with E-state index in [0.29, 0.717) is 0 Å². The first kappa shape index (κ1) is 9.94. The Bertz CT molecular complexity index is 54.1. The summed E-state index contributed by atoms with van der Waals surface area (Å²) in [4.78, 5) is 0. The fourth-order valence-corrected chi connectivity index (χ4v) is 0. The van der Waals surface area contributed by atoms with E-state index < -0.39 is 11.4 Å². The average molecular weight is 124 g/mol. The van der Waals surface area contributed by atoms with Gasteiger partial charge in [-0.25, -0.2) is 0 Å². The molecule has 0 fully saturated rings. The van der Waals surface area contributed by atoms with E-state index >= 15 is 0 Å². The van der Waals surface area contributed by atoms with Crippen molar-refractivity contribution in [1.29, 1.82) is 0 Å². The molecule has 0 spiro atoms. The van der Waals surface area contributed by atoms with Crippen LogP contribution in [-0.2, 0) is 15.5 Å². The second-order valence-electron chi connectivity index (χ2n) is 0.384. The molecule has 44 valence electrons. The fraction of sp³-hybridized carbons (Fsp3) is 0.333. The first-order valence-electron chi connectivity index (χ1n) is 1.42. The normalized spacial score (nSPS) is 11.1. The third-order valence-electron chi connectivity index (χ3n) is 0.143. The summed E-state index contributed by atoms with van der Waals surface area (Å²) >= 11 is -2.07. The van der Waals surface area contributed by atoms with E-state index in [-0.39, 0.29) is 0 Å². The molecule has 0 aromatic heterocycles. The Labute approximate surface area is 45.5 Å². The van der Waals surface area contributed by atoms with Crippen molar-refractivity contribution in [3.05, 3.63) is 13.2 Å². The van der Waals surface area contributed by atoms with Crippen molar-refractivity contribution in [2.45, 2.75) is 0 Å². The van der Waals surface area contributed by atoms with Gasteiger partial charge < -0.3 is 0 Å². The molecule has 1 unspecified atom stereocenters. The molecule has 0 aliphatic heterocycles. The van der Waals surface area contributed by atoms with E-state index in [1.54, 1.807) is 0 Å². The Morgan fingerprint density at radius 1 is 1.71 bits per heavy atom. The largest absolute Gasteiger partial charge is 0.301 e. The van der Waals surface area contributed by atoms with Gasteiger partial charge in [0.15, 0.2) is 0 Å². The lowest BCUT2D eigenvalue weighted by Crippen LogP contribution is -1.84. The lowest BCUT2D eigenvalue weighted by atomic mass is 11.3. The molecule has 1 atom stereocenters. The minimum atomic E-state index is -2.07. The third-order valence-corrected chi connectivity index (χ3v) is 0.428. The fourth-order valence-electron chi connectivity index (χ4n) is 0. The molecule has 1 N–H and O–H groups in total. The zero-order valence-corrected chi connectivity index (χ0v) is 4.90. The highest BCUT2D eigenvalue weighted by atomic mass is 32.2. The Hall–Kier alpha value is -0.190. The maximum absolute atomic E-state index is 9.26. The standard InChI is InChI=1S/C2H4.CH4O3S/c1-2;1-4-5(2)3/h1-2H2;1H3,(H,2,3). The van der Waals surface area contributed by atoms with Gasteiger partial charge in [-0.3, -0.25) is 8.74 Å². The van der Waals surface area contributed by atoms with Crippen LogP contribution in [0.2, 0.25) is 0 Å². The third kappa shape index (κ3) is 25.7. The van der Waals surface area contributed by atoms with E-state index in [9.17, 15) is 4.21 Å². The first-order chi connectivity index (χ1) is 3.27. The first-order valence-corrected chi connectivity index (χ1v) is 2.46. The molecule has 3 nitrogen and oxygen atoms in total. The van der Waals surface area contributed by atoms with Gasteiger partial charge in [0, 0.05) is 0 Å². The lowest BCUT2D eigenvalue weighted by molar-refractivity contribution is 0.379. The van der Waals surface area contributed by atoms with Crippen molar-refractivity contribution in [1.82, 2.24) is 0 Å². The van der Waals surface area contributed by atoms with Gasteiger partial charge in [-0.2, -0.15) is 4.21 Å². The highest BCUT2D eigenvalue weighted by molar-refractivity contribution is 7.74. The van der Waals surface area contributed by atoms with Crippen LogP contribution < -0.4 is 0 Å². The van der Waals surface area contributed by atoms with Gasteiger partial charge in [0.2, 0.25) is 0 Å². The van der Waals surface area contributed by atoms with E-state index in [1.165, 1.54) is 0 Å². The summed E-state index contributed by atoms with van der Waals surface area (Å²) in [5, 5.41) is 0. The Morgan fingerprint density at radius 3 is 1.86 bits per heavy atom. The summed E-state index contributed by atoms with van der Waals surface area (Å²) in [6.07, 6.45) is 0. The molecule has 0 radical (unpaired) electrons. The summed E-state index contributed by atoms with van der Waals surface area (Å²) in [6.45, 7) is 6.00. The van der Waals surface area contributed by atoms with Gasteiger partial charge in [0.25, 0.3) is 0 Å². The average Bonchev–Trinajstić information content (AvgIpc) is 1.73. The second-order valence-corrected chi connectivity index (χ2v) is 1.15. The van der Waals surface area contributed by atoms with Crippen LogP contribution in [0.1, 0.15) is 0 Å². The van der Waals surface area contributed by atoms with Crippen molar-refractivity contribution in [3.8, 4) is 0 Å². The van der Waals surface area contributed by atoms with Crippen molar-refractivity contribution in [2.24, 2.45) is 0 Å². The molecule has 0 aliphatic rings. The van der Waals surface area contributed by atoms with Crippen molar-refractivity contribution >= 4 is 11.4 Å². The van der Waals surface area contributed by atoms with E-state index in [4.69, 9.17) is 4.55 Å². The van der Waals surface area contributed by atoms with Gasteiger partial charge in [-0.1, -0.05) is 0 Å². The van der Waals surface area contributed by atoms with E-state index in [1.807, 2.05) is 0 Å². The van der Waals surface area contributed by atoms with Crippen LogP contribution in [0.25, 0.3) is 0 Å². The molecule has 0 saturated heterocycles. The number of hydrogen-bond donors (Lipinski definition) is 1. The predicted octanol–water partition coefficient (Wildman–Crippen LogP) is 0.572. The lowest BCUT2D eigenvalue weighted by Gasteiger charge is -1.76. The topological polar surface area (TPSA) is 46.5 Å².